The van der Waals surface area contributed by atoms with Gasteiger partial charge in [0.2, 0.25) is 5.78 Å². The number of phenolic OH excluding ortho intramolecular Hbond substituents is 5. The lowest BCUT2D eigenvalue weighted by Gasteiger charge is -2.45. The summed E-state index contributed by atoms with van der Waals surface area (Å²) >= 11 is 0. The number of aromatic hydroxyl groups is 5. The van der Waals surface area contributed by atoms with Gasteiger partial charge in [-0.25, -0.2) is 9.59 Å². The molecule has 1 fully saturated rings. The van der Waals surface area contributed by atoms with Crippen molar-refractivity contribution in [1.82, 2.24) is 0 Å². The van der Waals surface area contributed by atoms with Crippen LogP contribution < -0.4 is 4.74 Å². The van der Waals surface area contributed by atoms with Crippen molar-refractivity contribution >= 4 is 29.3 Å². The smallest absolute Gasteiger partial charge is 0.358 e. The summed E-state index contributed by atoms with van der Waals surface area (Å²) < 4.78 is 15.6. The number of aliphatic hydroxyl groups is 2. The highest BCUT2D eigenvalue weighted by Gasteiger charge is 2.63. The van der Waals surface area contributed by atoms with Gasteiger partial charge in [-0.05, 0) is 48.7 Å². The summed E-state index contributed by atoms with van der Waals surface area (Å²) in [5.41, 5.74) is -6.67. The molecule has 7 N–H and O–H groups in total. The number of hydrogen-bond acceptors (Lipinski definition) is 14. The van der Waals surface area contributed by atoms with Gasteiger partial charge in [0.15, 0.2) is 5.78 Å². The first-order valence-electron chi connectivity index (χ1n) is 13.7. The number of hydrogen-bond donors (Lipinski definition) is 7. The quantitative estimate of drug-likeness (QED) is 0.121. The van der Waals surface area contributed by atoms with Crippen LogP contribution in [0.5, 0.6) is 34.5 Å². The summed E-state index contributed by atoms with van der Waals surface area (Å²) in [6.45, 7) is 2.81. The number of ketones is 2. The van der Waals surface area contributed by atoms with Crippen LogP contribution in [0.4, 0.5) is 0 Å². The average molecular weight is 637 g/mol. The Hall–Kier alpha value is -5.76. The molecule has 0 bridgehead atoms. The minimum absolute atomic E-state index is 0.00832. The third-order valence-corrected chi connectivity index (χ3v) is 8.23. The van der Waals surface area contributed by atoms with E-state index in [9.17, 15) is 54.9 Å². The van der Waals surface area contributed by atoms with Crippen LogP contribution in [0.3, 0.4) is 0 Å². The van der Waals surface area contributed by atoms with E-state index in [0.717, 1.165) is 44.6 Å². The van der Waals surface area contributed by atoms with E-state index in [1.54, 1.807) is 0 Å². The fraction of sp³-hybridized carbons (Fsp3) is 0.250. The summed E-state index contributed by atoms with van der Waals surface area (Å²) in [7, 11) is 1.93. The number of carbonyl (C=O) groups excluding carboxylic acids is 4. The van der Waals surface area contributed by atoms with Crippen LogP contribution in [0.1, 0.15) is 50.8 Å². The number of phenols is 5. The van der Waals surface area contributed by atoms with Crippen LogP contribution in [0, 0.1) is 12.8 Å². The molecule has 5 rings (SSSR count). The Morgan fingerprint density at radius 1 is 0.848 bits per heavy atom. The molecule has 2 aliphatic rings. The molecule has 14 nitrogen and oxygen atoms in total. The van der Waals surface area contributed by atoms with E-state index in [0.29, 0.717) is 0 Å². The molecule has 0 saturated heterocycles. The molecule has 14 heteroatoms. The zero-order valence-corrected chi connectivity index (χ0v) is 24.7. The average Bonchev–Trinajstić information content (AvgIpc) is 3.00. The first-order chi connectivity index (χ1) is 21.6. The van der Waals surface area contributed by atoms with Crippen molar-refractivity contribution in [3.05, 3.63) is 63.7 Å². The molecule has 1 aliphatic carbocycles. The lowest BCUT2D eigenvalue weighted by molar-refractivity contribution is -0.173. The van der Waals surface area contributed by atoms with Crippen LogP contribution in [-0.4, -0.2) is 85.2 Å². The van der Waals surface area contributed by atoms with Crippen LogP contribution in [0.2, 0.25) is 0 Å². The monoisotopic (exact) mass is 636 g/mol. The lowest BCUT2D eigenvalue weighted by atomic mass is 9.69. The summed E-state index contributed by atoms with van der Waals surface area (Å²) in [6.07, 6.45) is -2.02. The van der Waals surface area contributed by atoms with Crippen molar-refractivity contribution in [3.63, 3.8) is 0 Å². The van der Waals surface area contributed by atoms with Crippen LogP contribution >= 0.6 is 0 Å². The van der Waals surface area contributed by atoms with E-state index < -0.39 is 109 Å². The second-order valence-electron chi connectivity index (χ2n) is 10.9. The number of aryl methyl sites for hydroxylation is 1. The number of aliphatic hydroxyl groups excluding tert-OH is 2. The minimum atomic E-state index is -2.60. The Bertz CT molecular complexity index is 1910. The number of carbonyl (C=O) groups is 4. The predicted octanol–water partition coefficient (Wildman–Crippen LogP) is 2.75. The van der Waals surface area contributed by atoms with Gasteiger partial charge >= 0.3 is 11.9 Å². The van der Waals surface area contributed by atoms with E-state index in [1.807, 2.05) is 0 Å². The largest absolute Gasteiger partial charge is 0.507 e. The standard InChI is InChI=1S/C32H28O14/c1-11-9-17(35)19(22(24(11)37)30(42)44-3)26(39)20-15(33)7-5-13(25(20)38)14-6-8-16(34)21-27(40)23-18(36)10-12(2)29(41)32(23,31(43)45-4)46-28(14)21/h5-9,12,29,33-35,37-38,40-41H,10H2,1-4H3/t12-,29+,32+/m0/s1. The molecule has 1 heterocycles. The number of ether oxygens (including phenoxy) is 3. The van der Waals surface area contributed by atoms with Gasteiger partial charge in [0, 0.05) is 17.5 Å². The maximum absolute atomic E-state index is 13.8. The van der Waals surface area contributed by atoms with Crippen LogP contribution in [0.25, 0.3) is 16.9 Å². The van der Waals surface area contributed by atoms with Crippen molar-refractivity contribution in [2.45, 2.75) is 32.0 Å². The molecular formula is C32H28O14. The lowest BCUT2D eigenvalue weighted by Crippen LogP contribution is -2.64. The molecule has 1 saturated carbocycles. The minimum Gasteiger partial charge on any atom is -0.507 e. The SMILES string of the molecule is COC(=O)c1c(O)c(C)cc(O)c1C(=O)c1c(O)ccc(-c2ccc(O)c3c2O[C@]2(C(=O)OC)C(=C3O)C(=O)C[C@H](C)[C@H]2O)c1O. The van der Waals surface area contributed by atoms with Crippen molar-refractivity contribution < 1.29 is 69.1 Å². The Balaban J connectivity index is 1.79. The number of methoxy groups -OCH3 is 2. The molecule has 3 atom stereocenters. The molecule has 0 radical (unpaired) electrons. The summed E-state index contributed by atoms with van der Waals surface area (Å²) in [5, 5.41) is 76.7. The third kappa shape index (κ3) is 4.29. The van der Waals surface area contributed by atoms with Gasteiger partial charge in [0.1, 0.15) is 63.1 Å². The van der Waals surface area contributed by atoms with Crippen LogP contribution in [-0.2, 0) is 19.1 Å². The molecule has 3 aromatic carbocycles. The van der Waals surface area contributed by atoms with E-state index in [1.165, 1.54) is 13.8 Å². The molecule has 46 heavy (non-hydrogen) atoms. The molecule has 240 valence electrons. The predicted molar refractivity (Wildman–Crippen MR) is 156 cm³/mol. The summed E-state index contributed by atoms with van der Waals surface area (Å²) in [4.78, 5) is 52.8. The van der Waals surface area contributed by atoms with Crippen molar-refractivity contribution in [2.75, 3.05) is 14.2 Å². The van der Waals surface area contributed by atoms with Gasteiger partial charge in [0.05, 0.1) is 25.4 Å². The van der Waals surface area contributed by atoms with Crippen molar-refractivity contribution in [3.8, 4) is 45.6 Å². The van der Waals surface area contributed by atoms with Gasteiger partial charge in [-0.1, -0.05) is 6.92 Å². The van der Waals surface area contributed by atoms with Gasteiger partial charge < -0.3 is 50.0 Å². The molecule has 0 aromatic heterocycles. The van der Waals surface area contributed by atoms with Crippen LogP contribution in [0.15, 0.2) is 35.9 Å². The zero-order valence-electron chi connectivity index (χ0n) is 24.7. The van der Waals surface area contributed by atoms with Gasteiger partial charge in [0.25, 0.3) is 5.60 Å². The Labute approximate surface area is 259 Å². The van der Waals surface area contributed by atoms with E-state index in [-0.39, 0.29) is 23.1 Å². The molecule has 3 aromatic rings. The number of fused-ring (bicyclic) bond motifs is 2. The maximum Gasteiger partial charge on any atom is 0.358 e. The van der Waals surface area contributed by atoms with Crippen molar-refractivity contribution in [1.29, 1.82) is 0 Å². The fourth-order valence-corrected chi connectivity index (χ4v) is 5.97. The maximum atomic E-state index is 13.8. The Morgan fingerprint density at radius 3 is 2.11 bits per heavy atom. The van der Waals surface area contributed by atoms with Gasteiger partial charge in [-0.15, -0.1) is 0 Å². The second-order valence-corrected chi connectivity index (χ2v) is 10.9. The number of rotatable bonds is 5. The van der Waals surface area contributed by atoms with E-state index in [2.05, 4.69) is 4.74 Å². The van der Waals surface area contributed by atoms with Gasteiger partial charge in [-0.3, -0.25) is 9.59 Å². The highest BCUT2D eigenvalue weighted by molar-refractivity contribution is 6.20. The molecule has 0 amide bonds. The first kappa shape index (κ1) is 31.7. The Kier molecular flexibility index (Phi) is 7.57. The summed E-state index contributed by atoms with van der Waals surface area (Å²) in [6, 6.07) is 5.27. The highest BCUT2D eigenvalue weighted by Crippen LogP contribution is 2.54. The fourth-order valence-electron chi connectivity index (χ4n) is 5.97. The van der Waals surface area contributed by atoms with E-state index in [4.69, 9.17) is 9.47 Å². The van der Waals surface area contributed by atoms with Gasteiger partial charge in [-0.2, -0.15) is 0 Å². The molecule has 0 unspecified atom stereocenters. The second kappa shape index (κ2) is 11.0. The highest BCUT2D eigenvalue weighted by atomic mass is 16.6. The van der Waals surface area contributed by atoms with Crippen molar-refractivity contribution in [2.24, 2.45) is 5.92 Å². The van der Waals surface area contributed by atoms with E-state index >= 15 is 0 Å². The zero-order chi connectivity index (χ0) is 34.0. The summed E-state index contributed by atoms with van der Waals surface area (Å²) in [5.74, 6) is -10.7. The first-order valence-corrected chi connectivity index (χ1v) is 13.7. The molecule has 0 spiro atoms. The number of benzene rings is 3. The molecule has 1 aliphatic heterocycles. The molecular weight excluding hydrogens is 608 g/mol. The third-order valence-electron chi connectivity index (χ3n) is 8.23. The normalized spacial score (nSPS) is 20.3. The Morgan fingerprint density at radius 2 is 1.48 bits per heavy atom. The topological polar surface area (TPSA) is 238 Å². The number of Topliss-reactive ketones (excluding diaryl/α,β-unsaturated/α-hetero) is 1. The number of esters is 2.